The molecule has 0 spiro atoms. The van der Waals surface area contributed by atoms with Crippen molar-refractivity contribution in [2.24, 2.45) is 5.92 Å². The molecule has 0 bridgehead atoms. The van der Waals surface area contributed by atoms with Crippen LogP contribution in [0.1, 0.15) is 76.5 Å². The van der Waals surface area contributed by atoms with Gasteiger partial charge in [-0.05, 0) is 40.5 Å². The van der Waals surface area contributed by atoms with Crippen molar-refractivity contribution in [2.45, 2.75) is 72.6 Å². The molecular formula is C20H34N2O5S. The Morgan fingerprint density at radius 3 is 2.36 bits per heavy atom. The van der Waals surface area contributed by atoms with E-state index < -0.39 is 11.6 Å². The van der Waals surface area contributed by atoms with E-state index in [1.165, 1.54) is 11.3 Å². The van der Waals surface area contributed by atoms with Crippen molar-refractivity contribution in [3.05, 3.63) is 16.1 Å². The first kappa shape index (κ1) is 24.4. The Morgan fingerprint density at radius 1 is 1.21 bits per heavy atom. The maximum Gasteiger partial charge on any atom is 0.410 e. The number of amides is 1. The van der Waals surface area contributed by atoms with E-state index in [4.69, 9.17) is 14.2 Å². The first-order valence-electron chi connectivity index (χ1n) is 9.70. The van der Waals surface area contributed by atoms with Crippen LogP contribution in [0.5, 0.6) is 0 Å². The number of hydrogen-bond donors (Lipinski definition) is 0. The molecule has 160 valence electrons. The molecule has 1 heterocycles. The molecule has 2 atom stereocenters. The van der Waals surface area contributed by atoms with Crippen LogP contribution in [0.4, 0.5) is 4.79 Å². The van der Waals surface area contributed by atoms with Crippen molar-refractivity contribution >= 4 is 23.4 Å². The molecule has 0 aliphatic heterocycles. The van der Waals surface area contributed by atoms with E-state index in [2.05, 4.69) is 18.8 Å². The molecule has 8 heteroatoms. The molecule has 0 unspecified atom stereocenters. The fourth-order valence-corrected chi connectivity index (χ4v) is 3.59. The van der Waals surface area contributed by atoms with E-state index in [0.717, 1.165) is 0 Å². The summed E-state index contributed by atoms with van der Waals surface area (Å²) >= 11 is 1.36. The topological polar surface area (TPSA) is 78.0 Å². The Balaban J connectivity index is 2.99. The molecule has 0 fully saturated rings. The monoisotopic (exact) mass is 414 g/mol. The predicted octanol–water partition coefficient (Wildman–Crippen LogP) is 4.68. The van der Waals surface area contributed by atoms with Gasteiger partial charge in [-0.1, -0.05) is 13.8 Å². The summed E-state index contributed by atoms with van der Waals surface area (Å²) in [5, 5.41) is 2.38. The summed E-state index contributed by atoms with van der Waals surface area (Å²) in [4.78, 5) is 30.5. The fourth-order valence-electron chi connectivity index (χ4n) is 2.74. The molecular weight excluding hydrogens is 380 g/mol. The molecule has 0 aliphatic carbocycles. The van der Waals surface area contributed by atoms with Crippen LogP contribution in [0.15, 0.2) is 5.38 Å². The number of rotatable bonds is 9. The second kappa shape index (κ2) is 10.8. The minimum atomic E-state index is -0.559. The summed E-state index contributed by atoms with van der Waals surface area (Å²) in [5.74, 6) is -0.253. The van der Waals surface area contributed by atoms with Crippen molar-refractivity contribution in [1.29, 1.82) is 0 Å². The molecule has 1 amide bonds. The normalized spacial score (nSPS) is 13.9. The van der Waals surface area contributed by atoms with Crippen molar-refractivity contribution < 1.29 is 23.8 Å². The summed E-state index contributed by atoms with van der Waals surface area (Å²) < 4.78 is 16.4. The number of carbonyl (C=O) groups excluding carboxylic acids is 2. The van der Waals surface area contributed by atoms with E-state index in [1.54, 1.807) is 24.3 Å². The minimum absolute atomic E-state index is 0.110. The maximum atomic E-state index is 12.5. The lowest BCUT2D eigenvalue weighted by atomic mass is 9.96. The first-order chi connectivity index (χ1) is 13.0. The highest BCUT2D eigenvalue weighted by molar-refractivity contribution is 7.09. The summed E-state index contributed by atoms with van der Waals surface area (Å²) in [6.45, 7) is 14.1. The summed E-state index contributed by atoms with van der Waals surface area (Å²) in [7, 11) is 1.74. The van der Waals surface area contributed by atoms with Crippen molar-refractivity contribution in [3.8, 4) is 0 Å². The third-order valence-electron chi connectivity index (χ3n) is 4.05. The fraction of sp³-hybridized carbons (Fsp3) is 0.750. The Hall–Kier alpha value is -1.67. The predicted molar refractivity (Wildman–Crippen MR) is 110 cm³/mol. The Kier molecular flexibility index (Phi) is 9.36. The summed E-state index contributed by atoms with van der Waals surface area (Å²) in [5.41, 5.74) is -0.274. The second-order valence-corrected chi connectivity index (χ2v) is 8.76. The van der Waals surface area contributed by atoms with Gasteiger partial charge in [0, 0.05) is 31.5 Å². The van der Waals surface area contributed by atoms with Gasteiger partial charge in [0.05, 0.1) is 6.61 Å². The van der Waals surface area contributed by atoms with Crippen molar-refractivity contribution in [2.75, 3.05) is 20.3 Å². The number of hydrogen-bond acceptors (Lipinski definition) is 7. The molecule has 28 heavy (non-hydrogen) atoms. The highest BCUT2D eigenvalue weighted by Gasteiger charge is 2.31. The van der Waals surface area contributed by atoms with E-state index in [0.29, 0.717) is 24.6 Å². The molecule has 0 aromatic carbocycles. The number of esters is 1. The summed E-state index contributed by atoms with van der Waals surface area (Å²) in [6, 6.07) is -0.110. The zero-order chi connectivity index (χ0) is 21.5. The van der Waals surface area contributed by atoms with Gasteiger partial charge in [-0.3, -0.25) is 0 Å². The van der Waals surface area contributed by atoms with Gasteiger partial charge in [-0.2, -0.15) is 0 Å². The SMILES string of the molecule is CCOC(=O)c1csc([C@@H](C[C@H](C(C)C)N(C)C(=O)OC(C)(C)C)OCC)n1. The third kappa shape index (κ3) is 7.39. The van der Waals surface area contributed by atoms with Crippen LogP contribution in [0.3, 0.4) is 0 Å². The smallest absolute Gasteiger partial charge is 0.410 e. The van der Waals surface area contributed by atoms with Gasteiger partial charge in [0.15, 0.2) is 5.69 Å². The van der Waals surface area contributed by atoms with Gasteiger partial charge in [0.2, 0.25) is 0 Å². The highest BCUT2D eigenvalue weighted by Crippen LogP contribution is 2.30. The Bertz CT molecular complexity index is 639. The number of carbonyl (C=O) groups is 2. The largest absolute Gasteiger partial charge is 0.461 e. The van der Waals surface area contributed by atoms with Gasteiger partial charge >= 0.3 is 12.1 Å². The van der Waals surface area contributed by atoms with E-state index in [1.807, 2.05) is 27.7 Å². The minimum Gasteiger partial charge on any atom is -0.461 e. The number of aromatic nitrogens is 1. The van der Waals surface area contributed by atoms with Crippen LogP contribution in [-0.4, -0.2) is 53.9 Å². The van der Waals surface area contributed by atoms with Gasteiger partial charge in [0.1, 0.15) is 16.7 Å². The molecule has 0 saturated carbocycles. The van der Waals surface area contributed by atoms with Gasteiger partial charge in [0.25, 0.3) is 0 Å². The van der Waals surface area contributed by atoms with Crippen LogP contribution in [0.25, 0.3) is 0 Å². The zero-order valence-corrected chi connectivity index (χ0v) is 19.1. The van der Waals surface area contributed by atoms with Crippen molar-refractivity contribution in [3.63, 3.8) is 0 Å². The maximum absolute atomic E-state index is 12.5. The summed E-state index contributed by atoms with van der Waals surface area (Å²) in [6.07, 6.45) is -0.139. The van der Waals surface area contributed by atoms with Gasteiger partial charge in [-0.15, -0.1) is 11.3 Å². The Morgan fingerprint density at radius 2 is 1.86 bits per heavy atom. The molecule has 0 saturated heterocycles. The molecule has 0 aliphatic rings. The third-order valence-corrected chi connectivity index (χ3v) is 4.99. The molecule has 1 rings (SSSR count). The van der Waals surface area contributed by atoms with Crippen molar-refractivity contribution in [1.82, 2.24) is 9.88 Å². The standard InChI is InChI=1S/C20H34N2O5S/c1-9-25-16(17-21-14(12-28-17)18(23)26-10-2)11-15(13(3)4)22(8)19(24)27-20(5,6)7/h12-13,15-16H,9-11H2,1-8H3/t15-,16-/m1/s1. The number of ether oxygens (including phenoxy) is 3. The average Bonchev–Trinajstić information content (AvgIpc) is 3.06. The zero-order valence-electron chi connectivity index (χ0n) is 18.3. The van der Waals surface area contributed by atoms with Crippen LogP contribution >= 0.6 is 11.3 Å². The van der Waals surface area contributed by atoms with Gasteiger partial charge < -0.3 is 19.1 Å². The van der Waals surface area contributed by atoms with E-state index in [9.17, 15) is 9.59 Å². The van der Waals surface area contributed by atoms with Crippen LogP contribution < -0.4 is 0 Å². The lowest BCUT2D eigenvalue weighted by Crippen LogP contribution is -2.44. The lowest BCUT2D eigenvalue weighted by molar-refractivity contribution is -0.000900. The van der Waals surface area contributed by atoms with Crippen LogP contribution in [0, 0.1) is 5.92 Å². The molecule has 0 N–H and O–H groups in total. The lowest BCUT2D eigenvalue weighted by Gasteiger charge is -2.34. The molecule has 7 nitrogen and oxygen atoms in total. The van der Waals surface area contributed by atoms with E-state index >= 15 is 0 Å². The van der Waals surface area contributed by atoms with E-state index in [-0.39, 0.29) is 29.9 Å². The quantitative estimate of drug-likeness (QED) is 0.546. The highest BCUT2D eigenvalue weighted by atomic mass is 32.1. The Labute approximate surface area is 172 Å². The molecule has 1 aromatic heterocycles. The van der Waals surface area contributed by atoms with Crippen LogP contribution in [-0.2, 0) is 14.2 Å². The average molecular weight is 415 g/mol. The number of nitrogens with zero attached hydrogens (tertiary/aromatic N) is 2. The number of thiazole rings is 1. The molecule has 0 radical (unpaired) electrons. The first-order valence-corrected chi connectivity index (χ1v) is 10.6. The van der Waals surface area contributed by atoms with Crippen LogP contribution in [0.2, 0.25) is 0 Å². The molecule has 1 aromatic rings. The second-order valence-electron chi connectivity index (χ2n) is 7.87. The van der Waals surface area contributed by atoms with Gasteiger partial charge in [-0.25, -0.2) is 14.6 Å².